The predicted octanol–water partition coefficient (Wildman–Crippen LogP) is 5.15. The second kappa shape index (κ2) is 5.11. The van der Waals surface area contributed by atoms with Gasteiger partial charge in [-0.3, -0.25) is 0 Å². The van der Waals surface area contributed by atoms with Crippen LogP contribution in [0.25, 0.3) is 11.0 Å². The SMILES string of the molecule is CCCc1c(C(=O)O)oc2c(Cl)cc(Br)c(Cl)c12. The molecule has 18 heavy (non-hydrogen) atoms. The van der Waals surface area contributed by atoms with Gasteiger partial charge in [-0.15, -0.1) is 0 Å². The minimum atomic E-state index is -1.11. The summed E-state index contributed by atoms with van der Waals surface area (Å²) in [6.45, 7) is 1.96. The Balaban J connectivity index is 2.90. The van der Waals surface area contributed by atoms with Gasteiger partial charge in [0, 0.05) is 15.4 Å². The number of carbonyl (C=O) groups is 1. The van der Waals surface area contributed by atoms with E-state index < -0.39 is 5.97 Å². The van der Waals surface area contributed by atoms with E-state index in [1.54, 1.807) is 6.07 Å². The van der Waals surface area contributed by atoms with Gasteiger partial charge in [0.05, 0.1) is 10.0 Å². The monoisotopic (exact) mass is 350 g/mol. The second-order valence-corrected chi connectivity index (χ2v) is 5.46. The van der Waals surface area contributed by atoms with Gasteiger partial charge in [-0.25, -0.2) is 4.79 Å². The molecule has 0 bridgehead atoms. The van der Waals surface area contributed by atoms with Gasteiger partial charge in [0.2, 0.25) is 5.76 Å². The molecule has 1 aromatic carbocycles. The molecule has 0 aliphatic rings. The summed E-state index contributed by atoms with van der Waals surface area (Å²) in [4.78, 5) is 11.2. The summed E-state index contributed by atoms with van der Waals surface area (Å²) in [5, 5.41) is 10.5. The molecule has 6 heteroatoms. The number of furan rings is 1. The Morgan fingerprint density at radius 1 is 1.50 bits per heavy atom. The standard InChI is InChI=1S/C12H9BrCl2O3/c1-2-3-5-8-9(15)6(13)4-7(14)11(8)18-10(5)12(16)17/h4H,2-3H2,1H3,(H,16,17). The number of carboxylic acids is 1. The molecule has 0 aliphatic heterocycles. The first-order chi connectivity index (χ1) is 8.47. The number of aromatic carboxylic acids is 1. The Morgan fingerprint density at radius 2 is 2.17 bits per heavy atom. The summed E-state index contributed by atoms with van der Waals surface area (Å²) in [6, 6.07) is 1.59. The predicted molar refractivity (Wildman–Crippen MR) is 74.9 cm³/mol. The molecule has 1 aromatic heterocycles. The first-order valence-corrected chi connectivity index (χ1v) is 6.84. The highest BCUT2D eigenvalue weighted by atomic mass is 79.9. The highest BCUT2D eigenvalue weighted by molar-refractivity contribution is 9.10. The van der Waals surface area contributed by atoms with Crippen LogP contribution < -0.4 is 0 Å². The van der Waals surface area contributed by atoms with Gasteiger partial charge >= 0.3 is 5.97 Å². The van der Waals surface area contributed by atoms with E-state index in [0.29, 0.717) is 37.5 Å². The van der Waals surface area contributed by atoms with Crippen molar-refractivity contribution in [1.82, 2.24) is 0 Å². The zero-order valence-corrected chi connectivity index (χ0v) is 12.5. The average Bonchev–Trinajstić information content (AvgIpc) is 2.67. The fourth-order valence-electron chi connectivity index (χ4n) is 1.89. The lowest BCUT2D eigenvalue weighted by atomic mass is 10.1. The summed E-state index contributed by atoms with van der Waals surface area (Å²) >= 11 is 15.5. The molecule has 0 aliphatic carbocycles. The molecule has 0 unspecified atom stereocenters. The summed E-state index contributed by atoms with van der Waals surface area (Å²) in [5.74, 6) is -1.20. The lowest BCUT2D eigenvalue weighted by molar-refractivity contribution is 0.0663. The maximum atomic E-state index is 11.2. The van der Waals surface area contributed by atoms with Crippen LogP contribution in [-0.4, -0.2) is 11.1 Å². The van der Waals surface area contributed by atoms with E-state index >= 15 is 0 Å². The molecule has 3 nitrogen and oxygen atoms in total. The van der Waals surface area contributed by atoms with Crippen LogP contribution >= 0.6 is 39.1 Å². The molecule has 2 aromatic rings. The topological polar surface area (TPSA) is 50.4 Å². The van der Waals surface area contributed by atoms with Gasteiger partial charge in [0.25, 0.3) is 0 Å². The van der Waals surface area contributed by atoms with Crippen LogP contribution in [0.1, 0.15) is 29.5 Å². The Labute approximate surface area is 122 Å². The van der Waals surface area contributed by atoms with Gasteiger partial charge in [0.15, 0.2) is 5.58 Å². The number of carboxylic acid groups (broad SMARTS) is 1. The van der Waals surface area contributed by atoms with E-state index in [2.05, 4.69) is 15.9 Å². The smallest absolute Gasteiger partial charge is 0.372 e. The summed E-state index contributed by atoms with van der Waals surface area (Å²) in [5.41, 5.74) is 0.916. The first-order valence-electron chi connectivity index (χ1n) is 5.29. The molecule has 0 atom stereocenters. The van der Waals surface area contributed by atoms with Crippen molar-refractivity contribution in [2.75, 3.05) is 0 Å². The lowest BCUT2D eigenvalue weighted by Gasteiger charge is -2.02. The van der Waals surface area contributed by atoms with Crippen molar-refractivity contribution >= 4 is 56.1 Å². The third kappa shape index (κ3) is 2.13. The lowest BCUT2D eigenvalue weighted by Crippen LogP contribution is -1.98. The normalized spacial score (nSPS) is 11.1. The maximum absolute atomic E-state index is 11.2. The quantitative estimate of drug-likeness (QED) is 0.777. The number of hydrogen-bond acceptors (Lipinski definition) is 2. The molecule has 0 spiro atoms. The van der Waals surface area contributed by atoms with Gasteiger partial charge in [-0.2, -0.15) is 0 Å². The average molecular weight is 352 g/mol. The van der Waals surface area contributed by atoms with E-state index in [0.717, 1.165) is 6.42 Å². The summed E-state index contributed by atoms with van der Waals surface area (Å²) in [7, 11) is 0. The number of rotatable bonds is 3. The first kappa shape index (κ1) is 13.7. The zero-order chi connectivity index (χ0) is 13.4. The Bertz CT molecular complexity index is 634. The fourth-order valence-corrected chi connectivity index (χ4v) is 2.94. The summed E-state index contributed by atoms with van der Waals surface area (Å²) < 4.78 is 5.97. The number of benzene rings is 1. The molecule has 0 saturated carbocycles. The minimum Gasteiger partial charge on any atom is -0.475 e. The van der Waals surface area contributed by atoms with Crippen molar-refractivity contribution in [3.8, 4) is 0 Å². The van der Waals surface area contributed by atoms with Crippen LogP contribution in [0.4, 0.5) is 0 Å². The molecule has 1 heterocycles. The third-order valence-corrected chi connectivity index (χ3v) is 4.13. The highest BCUT2D eigenvalue weighted by Crippen LogP contribution is 2.41. The van der Waals surface area contributed by atoms with Crippen LogP contribution in [0.3, 0.4) is 0 Å². The van der Waals surface area contributed by atoms with Crippen LogP contribution in [0.5, 0.6) is 0 Å². The molecule has 1 N–H and O–H groups in total. The van der Waals surface area contributed by atoms with Gasteiger partial charge in [-0.1, -0.05) is 36.5 Å². The molecule has 0 fully saturated rings. The van der Waals surface area contributed by atoms with E-state index in [4.69, 9.17) is 32.7 Å². The van der Waals surface area contributed by atoms with Gasteiger partial charge in [-0.05, 0) is 28.4 Å². The van der Waals surface area contributed by atoms with Crippen LogP contribution in [0, 0.1) is 0 Å². The van der Waals surface area contributed by atoms with Crippen molar-refractivity contribution in [1.29, 1.82) is 0 Å². The Morgan fingerprint density at radius 3 is 2.72 bits per heavy atom. The Kier molecular flexibility index (Phi) is 3.90. The van der Waals surface area contributed by atoms with Gasteiger partial charge < -0.3 is 9.52 Å². The molecular formula is C12H9BrCl2O3. The maximum Gasteiger partial charge on any atom is 0.372 e. The van der Waals surface area contributed by atoms with E-state index in [1.165, 1.54) is 0 Å². The van der Waals surface area contributed by atoms with Crippen molar-refractivity contribution in [2.24, 2.45) is 0 Å². The number of fused-ring (bicyclic) bond motifs is 1. The highest BCUT2D eigenvalue weighted by Gasteiger charge is 2.24. The number of halogens is 3. The van der Waals surface area contributed by atoms with Crippen LogP contribution in [-0.2, 0) is 6.42 Å². The largest absolute Gasteiger partial charge is 0.475 e. The third-order valence-electron chi connectivity index (χ3n) is 2.60. The molecule has 0 amide bonds. The number of hydrogen-bond donors (Lipinski definition) is 1. The molecule has 2 rings (SSSR count). The van der Waals surface area contributed by atoms with E-state index in [1.807, 2.05) is 6.92 Å². The molecular weight excluding hydrogens is 343 g/mol. The second-order valence-electron chi connectivity index (χ2n) is 3.82. The van der Waals surface area contributed by atoms with Gasteiger partial charge in [0.1, 0.15) is 0 Å². The fraction of sp³-hybridized carbons (Fsp3) is 0.250. The molecule has 0 saturated heterocycles. The zero-order valence-electron chi connectivity index (χ0n) is 9.39. The van der Waals surface area contributed by atoms with Crippen molar-refractivity contribution < 1.29 is 14.3 Å². The van der Waals surface area contributed by atoms with Crippen molar-refractivity contribution in [2.45, 2.75) is 19.8 Å². The minimum absolute atomic E-state index is 0.0891. The van der Waals surface area contributed by atoms with Crippen molar-refractivity contribution in [3.63, 3.8) is 0 Å². The summed E-state index contributed by atoms with van der Waals surface area (Å²) in [6.07, 6.45) is 1.36. The van der Waals surface area contributed by atoms with Crippen LogP contribution in [0.2, 0.25) is 10.0 Å². The molecule has 96 valence electrons. The van der Waals surface area contributed by atoms with E-state index in [9.17, 15) is 4.79 Å². The Hall–Kier alpha value is -0.710. The van der Waals surface area contributed by atoms with Crippen molar-refractivity contribution in [3.05, 3.63) is 31.9 Å². The van der Waals surface area contributed by atoms with E-state index in [-0.39, 0.29) is 5.76 Å². The van der Waals surface area contributed by atoms with Crippen LogP contribution in [0.15, 0.2) is 15.0 Å². The number of aryl methyl sites for hydroxylation is 1. The molecule has 0 radical (unpaired) electrons.